The maximum atomic E-state index is 14.2. The van der Waals surface area contributed by atoms with Gasteiger partial charge in [-0.1, -0.05) is 0 Å². The highest BCUT2D eigenvalue weighted by Crippen LogP contribution is 2.30. The van der Waals surface area contributed by atoms with Gasteiger partial charge in [-0.3, -0.25) is 9.48 Å². The van der Waals surface area contributed by atoms with Crippen molar-refractivity contribution in [1.82, 2.24) is 24.7 Å². The van der Waals surface area contributed by atoms with E-state index in [1.807, 2.05) is 0 Å². The molecule has 0 aliphatic heterocycles. The van der Waals surface area contributed by atoms with Crippen LogP contribution in [0.4, 0.5) is 8.78 Å². The van der Waals surface area contributed by atoms with Gasteiger partial charge in [-0.25, -0.2) is 18.7 Å². The van der Waals surface area contributed by atoms with E-state index >= 15 is 0 Å². The summed E-state index contributed by atoms with van der Waals surface area (Å²) in [7, 11) is 1.58. The van der Waals surface area contributed by atoms with E-state index in [2.05, 4.69) is 20.1 Å². The minimum Gasteiger partial charge on any atom is -0.344 e. The quantitative estimate of drug-likeness (QED) is 0.616. The first-order valence-electron chi connectivity index (χ1n) is 6.63. The number of benzene rings is 1. The number of rotatable bonds is 2. The number of hydrogen-bond acceptors (Lipinski definition) is 4. The van der Waals surface area contributed by atoms with Gasteiger partial charge in [-0.15, -0.1) is 0 Å². The zero-order valence-electron chi connectivity index (χ0n) is 11.8. The highest BCUT2D eigenvalue weighted by Gasteiger charge is 2.18. The van der Waals surface area contributed by atoms with Crippen molar-refractivity contribution in [2.75, 3.05) is 0 Å². The standard InChI is InChI=1S/C15H8F2N5O/c1-22-11-3-8(16)2-9(17)12(11)14(21-22)10-5-19-15-13(20-10)7(6-23)4-18-15/h2-5H,1H3,(H,18,19). The molecule has 0 bridgehead atoms. The van der Waals surface area contributed by atoms with E-state index in [0.29, 0.717) is 16.7 Å². The smallest absolute Gasteiger partial charge is 0.237 e. The number of nitrogens with zero attached hydrogens (tertiary/aromatic N) is 4. The van der Waals surface area contributed by atoms with E-state index < -0.39 is 11.6 Å². The second-order valence-corrected chi connectivity index (χ2v) is 5.01. The molecular weight excluding hydrogens is 304 g/mol. The van der Waals surface area contributed by atoms with Crippen LogP contribution in [0.1, 0.15) is 5.56 Å². The van der Waals surface area contributed by atoms with E-state index in [-0.39, 0.29) is 22.3 Å². The molecule has 0 aliphatic rings. The predicted molar refractivity (Wildman–Crippen MR) is 78.3 cm³/mol. The molecular formula is C15H8F2N5O. The molecule has 0 atom stereocenters. The predicted octanol–water partition coefficient (Wildman–Crippen LogP) is 2.25. The fourth-order valence-corrected chi connectivity index (χ4v) is 2.57. The molecule has 23 heavy (non-hydrogen) atoms. The van der Waals surface area contributed by atoms with Crippen LogP contribution in [0.25, 0.3) is 33.5 Å². The van der Waals surface area contributed by atoms with Crippen molar-refractivity contribution in [1.29, 1.82) is 0 Å². The summed E-state index contributed by atoms with van der Waals surface area (Å²) in [5, 5.41) is 4.36. The van der Waals surface area contributed by atoms with Crippen molar-refractivity contribution in [2.45, 2.75) is 0 Å². The Hall–Kier alpha value is -3.16. The fourth-order valence-electron chi connectivity index (χ4n) is 2.57. The van der Waals surface area contributed by atoms with Crippen LogP contribution in [0.5, 0.6) is 0 Å². The van der Waals surface area contributed by atoms with Crippen LogP contribution in [0.3, 0.4) is 0 Å². The summed E-state index contributed by atoms with van der Waals surface area (Å²) >= 11 is 0. The average molecular weight is 312 g/mol. The SMILES string of the molecule is Cn1nc(-c2cnc3[nH]cc([C]=O)c3n2)c2c(F)cc(F)cc21. The third-order valence-electron chi connectivity index (χ3n) is 3.60. The van der Waals surface area contributed by atoms with Crippen molar-refractivity contribution >= 4 is 28.4 Å². The Bertz CT molecular complexity index is 1080. The Labute approximate surface area is 127 Å². The van der Waals surface area contributed by atoms with Crippen LogP contribution in [0.15, 0.2) is 24.5 Å². The molecule has 0 aliphatic carbocycles. The van der Waals surface area contributed by atoms with Gasteiger partial charge in [-0.2, -0.15) is 5.10 Å². The van der Waals surface area contributed by atoms with Gasteiger partial charge >= 0.3 is 0 Å². The maximum Gasteiger partial charge on any atom is 0.237 e. The summed E-state index contributed by atoms with van der Waals surface area (Å²) in [6.07, 6.45) is 4.61. The highest BCUT2D eigenvalue weighted by molar-refractivity contribution is 5.96. The summed E-state index contributed by atoms with van der Waals surface area (Å²) in [5.74, 6) is -1.42. The van der Waals surface area contributed by atoms with Gasteiger partial charge in [0, 0.05) is 19.3 Å². The first kappa shape index (κ1) is 13.5. The van der Waals surface area contributed by atoms with Gasteiger partial charge < -0.3 is 4.98 Å². The Balaban J connectivity index is 2.04. The fraction of sp³-hybridized carbons (Fsp3) is 0.0667. The molecule has 113 valence electrons. The van der Waals surface area contributed by atoms with E-state index in [0.717, 1.165) is 6.07 Å². The van der Waals surface area contributed by atoms with E-state index in [1.54, 1.807) is 13.3 Å². The minimum absolute atomic E-state index is 0.148. The molecule has 4 rings (SSSR count). The zero-order chi connectivity index (χ0) is 16.1. The first-order valence-corrected chi connectivity index (χ1v) is 6.63. The summed E-state index contributed by atoms with van der Waals surface area (Å²) in [4.78, 5) is 22.2. The van der Waals surface area contributed by atoms with E-state index in [1.165, 1.54) is 23.1 Å². The van der Waals surface area contributed by atoms with E-state index in [4.69, 9.17) is 0 Å². The summed E-state index contributed by atoms with van der Waals surface area (Å²) in [5.41, 5.74) is 1.77. The Morgan fingerprint density at radius 1 is 1.30 bits per heavy atom. The molecule has 0 spiro atoms. The number of carbonyl (C=O) groups excluding carboxylic acids is 1. The lowest BCUT2D eigenvalue weighted by atomic mass is 10.1. The summed E-state index contributed by atoms with van der Waals surface area (Å²) in [6, 6.07) is 1.99. The van der Waals surface area contributed by atoms with Crippen molar-refractivity contribution in [3.05, 3.63) is 41.7 Å². The number of aromatic nitrogens is 5. The van der Waals surface area contributed by atoms with Crippen LogP contribution in [-0.4, -0.2) is 31.0 Å². The van der Waals surface area contributed by atoms with Crippen molar-refractivity contribution in [3.8, 4) is 11.4 Å². The number of aryl methyl sites for hydroxylation is 1. The van der Waals surface area contributed by atoms with Gasteiger partial charge in [0.2, 0.25) is 6.29 Å². The summed E-state index contributed by atoms with van der Waals surface area (Å²) in [6.45, 7) is 0. The lowest BCUT2D eigenvalue weighted by Crippen LogP contribution is -1.92. The molecule has 3 heterocycles. The van der Waals surface area contributed by atoms with Gasteiger partial charge in [0.25, 0.3) is 0 Å². The number of H-pyrrole nitrogens is 1. The molecule has 0 fully saturated rings. The molecule has 4 aromatic rings. The third kappa shape index (κ3) is 1.91. The monoisotopic (exact) mass is 312 g/mol. The highest BCUT2D eigenvalue weighted by atomic mass is 19.1. The molecule has 0 saturated carbocycles. The second-order valence-electron chi connectivity index (χ2n) is 5.01. The van der Waals surface area contributed by atoms with E-state index in [9.17, 15) is 13.6 Å². The molecule has 6 nitrogen and oxygen atoms in total. The van der Waals surface area contributed by atoms with Crippen molar-refractivity contribution < 1.29 is 13.6 Å². The van der Waals surface area contributed by atoms with Gasteiger partial charge in [0.1, 0.15) is 28.5 Å². The maximum absolute atomic E-state index is 14.2. The Kier molecular flexibility index (Phi) is 2.74. The average Bonchev–Trinajstić information content (AvgIpc) is 3.08. The number of halogens is 2. The Morgan fingerprint density at radius 3 is 2.91 bits per heavy atom. The molecule has 1 radical (unpaired) electrons. The van der Waals surface area contributed by atoms with Gasteiger partial charge in [0.05, 0.1) is 22.7 Å². The van der Waals surface area contributed by atoms with Crippen LogP contribution < -0.4 is 0 Å². The minimum atomic E-state index is -0.735. The molecule has 0 amide bonds. The van der Waals surface area contributed by atoms with Crippen molar-refractivity contribution in [3.63, 3.8) is 0 Å². The largest absolute Gasteiger partial charge is 0.344 e. The number of aromatic amines is 1. The molecule has 1 N–H and O–H groups in total. The molecule has 3 aromatic heterocycles. The zero-order valence-corrected chi connectivity index (χ0v) is 11.8. The number of fused-ring (bicyclic) bond motifs is 2. The molecule has 8 heteroatoms. The van der Waals surface area contributed by atoms with Gasteiger partial charge in [0.15, 0.2) is 5.65 Å². The van der Waals surface area contributed by atoms with Crippen molar-refractivity contribution in [2.24, 2.45) is 7.05 Å². The van der Waals surface area contributed by atoms with Crippen LogP contribution in [-0.2, 0) is 11.8 Å². The second kappa shape index (κ2) is 4.67. The Morgan fingerprint density at radius 2 is 2.13 bits per heavy atom. The topological polar surface area (TPSA) is 76.5 Å². The van der Waals surface area contributed by atoms with Gasteiger partial charge in [-0.05, 0) is 6.07 Å². The summed E-state index contributed by atoms with van der Waals surface area (Å²) < 4.78 is 29.0. The van der Waals surface area contributed by atoms with Crippen LogP contribution >= 0.6 is 0 Å². The molecule has 0 saturated heterocycles. The number of hydrogen-bond donors (Lipinski definition) is 1. The normalized spacial score (nSPS) is 11.4. The first-order chi connectivity index (χ1) is 11.1. The number of nitrogens with one attached hydrogen (secondary N) is 1. The van der Waals surface area contributed by atoms with Crippen LogP contribution in [0, 0.1) is 11.6 Å². The molecule has 1 aromatic carbocycles. The lowest BCUT2D eigenvalue weighted by molar-refractivity contribution is 0.563. The molecule has 0 unspecified atom stereocenters. The lowest BCUT2D eigenvalue weighted by Gasteiger charge is -1.99. The third-order valence-corrected chi connectivity index (χ3v) is 3.60. The van der Waals surface area contributed by atoms with Crippen LogP contribution in [0.2, 0.25) is 0 Å².